The predicted molar refractivity (Wildman–Crippen MR) is 152 cm³/mol. The van der Waals surface area contributed by atoms with Gasteiger partial charge in [-0.25, -0.2) is 5.01 Å². The molecule has 3 fully saturated rings. The van der Waals surface area contributed by atoms with Gasteiger partial charge in [0.2, 0.25) is 0 Å². The van der Waals surface area contributed by atoms with Gasteiger partial charge >= 0.3 is 12.1 Å². The van der Waals surface area contributed by atoms with E-state index in [2.05, 4.69) is 0 Å². The largest absolute Gasteiger partial charge is 0.481 e. The summed E-state index contributed by atoms with van der Waals surface area (Å²) in [6, 6.07) is 3.81. The van der Waals surface area contributed by atoms with Crippen molar-refractivity contribution in [3.63, 3.8) is 0 Å². The van der Waals surface area contributed by atoms with Gasteiger partial charge in [-0.05, 0) is 68.6 Å². The number of carbonyl (C=O) groups excluding carboxylic acids is 1. The van der Waals surface area contributed by atoms with Crippen molar-refractivity contribution >= 4 is 29.1 Å². The standard InChI is InChI=1S/C31H34ClF3N4O5/c32-23-3-1-2-22(30(10-11-30)31(33,34)35)25(23)27(40)38-24-14-20(39(43)37-13-12-29(15-37)16-44-17-29)8-9-21(24)26(36-38)18-4-6-19(7-5-18)28(41)42/h1-4,19-20,43H,5-17H2,(H,41,42)/t19-,20-/m1/s1. The number of hydrazine groups is 1. The Balaban J connectivity index is 1.27. The van der Waals surface area contributed by atoms with E-state index in [4.69, 9.17) is 21.4 Å². The van der Waals surface area contributed by atoms with Crippen LogP contribution in [0.4, 0.5) is 13.2 Å². The van der Waals surface area contributed by atoms with Crippen LogP contribution >= 0.6 is 11.6 Å². The molecule has 0 bridgehead atoms. The van der Waals surface area contributed by atoms with Crippen molar-refractivity contribution in [2.75, 3.05) is 26.3 Å². The summed E-state index contributed by atoms with van der Waals surface area (Å²) in [5, 5.41) is 28.6. The first-order valence-corrected chi connectivity index (χ1v) is 15.5. The summed E-state index contributed by atoms with van der Waals surface area (Å²) in [4.78, 5) is 25.9. The molecule has 2 N–H and O–H groups in total. The molecule has 13 heteroatoms. The van der Waals surface area contributed by atoms with Crippen LogP contribution in [0.25, 0.3) is 5.57 Å². The van der Waals surface area contributed by atoms with Crippen LogP contribution in [-0.4, -0.2) is 80.7 Å². The normalized spacial score (nSPS) is 25.9. The minimum absolute atomic E-state index is 0.0463. The summed E-state index contributed by atoms with van der Waals surface area (Å²) in [6.45, 7) is 2.66. The molecule has 0 unspecified atom stereocenters. The van der Waals surface area contributed by atoms with E-state index in [0.717, 1.165) is 17.6 Å². The fourth-order valence-electron chi connectivity index (χ4n) is 7.51. The lowest BCUT2D eigenvalue weighted by Crippen LogP contribution is -2.51. The Labute approximate surface area is 257 Å². The number of nitrogens with zero attached hydrogens (tertiary/aromatic N) is 4. The third-order valence-electron chi connectivity index (χ3n) is 10.4. The van der Waals surface area contributed by atoms with Gasteiger partial charge < -0.3 is 9.84 Å². The third kappa shape index (κ3) is 4.81. The quantitative estimate of drug-likeness (QED) is 0.414. The van der Waals surface area contributed by atoms with Crippen molar-refractivity contribution in [3.8, 4) is 0 Å². The summed E-state index contributed by atoms with van der Waals surface area (Å²) in [5.74, 6) is -2.10. The summed E-state index contributed by atoms with van der Waals surface area (Å²) in [5.41, 5.74) is 0.295. The fraction of sp³-hybridized carbons (Fsp3) is 0.581. The Morgan fingerprint density at radius 2 is 1.91 bits per heavy atom. The van der Waals surface area contributed by atoms with E-state index in [1.54, 1.807) is 0 Å². The number of ether oxygens (including phenoxy) is 1. The van der Waals surface area contributed by atoms with Crippen molar-refractivity contribution in [3.05, 3.63) is 57.4 Å². The first kappa shape index (κ1) is 29.9. The lowest BCUT2D eigenvalue weighted by atomic mass is 9.84. The Morgan fingerprint density at radius 1 is 1.14 bits per heavy atom. The molecule has 0 amide bonds. The molecule has 44 heavy (non-hydrogen) atoms. The fourth-order valence-corrected chi connectivity index (χ4v) is 7.77. The second-order valence-corrected chi connectivity index (χ2v) is 13.5. The predicted octanol–water partition coefficient (Wildman–Crippen LogP) is 5.27. The molecule has 5 aliphatic rings. The number of carboxylic acid groups (broad SMARTS) is 1. The molecule has 236 valence electrons. The number of alkyl halides is 3. The molecule has 1 saturated carbocycles. The number of hydroxylamine groups is 1. The van der Waals surface area contributed by atoms with Crippen LogP contribution in [0.2, 0.25) is 5.02 Å². The van der Waals surface area contributed by atoms with Gasteiger partial charge in [0.25, 0.3) is 5.91 Å². The molecule has 2 saturated heterocycles. The van der Waals surface area contributed by atoms with Crippen molar-refractivity contribution in [1.29, 1.82) is 0 Å². The zero-order valence-corrected chi connectivity index (χ0v) is 24.8. The van der Waals surface area contributed by atoms with E-state index in [9.17, 15) is 33.1 Å². The van der Waals surface area contributed by atoms with Crippen LogP contribution in [0.3, 0.4) is 0 Å². The number of aromatic nitrogens is 2. The molecule has 2 atom stereocenters. The van der Waals surface area contributed by atoms with Gasteiger partial charge in [-0.3, -0.25) is 14.8 Å². The highest BCUT2D eigenvalue weighted by Gasteiger charge is 2.65. The van der Waals surface area contributed by atoms with Gasteiger partial charge in [0.1, 0.15) is 0 Å². The Morgan fingerprint density at radius 3 is 2.50 bits per heavy atom. The van der Waals surface area contributed by atoms with E-state index >= 15 is 0 Å². The zero-order valence-electron chi connectivity index (χ0n) is 24.1. The van der Waals surface area contributed by atoms with Gasteiger partial charge in [0, 0.05) is 30.5 Å². The van der Waals surface area contributed by atoms with Crippen molar-refractivity contribution in [1.82, 2.24) is 20.0 Å². The van der Waals surface area contributed by atoms with Crippen LogP contribution < -0.4 is 0 Å². The van der Waals surface area contributed by atoms with Gasteiger partial charge in [0.05, 0.1) is 52.6 Å². The summed E-state index contributed by atoms with van der Waals surface area (Å²) in [7, 11) is 0. The first-order chi connectivity index (χ1) is 20.9. The maximum absolute atomic E-state index is 14.3. The minimum atomic E-state index is -4.55. The number of carbonyl (C=O) groups is 2. The lowest BCUT2D eigenvalue weighted by Gasteiger charge is -2.40. The third-order valence-corrected chi connectivity index (χ3v) is 10.7. The van der Waals surface area contributed by atoms with E-state index in [-0.39, 0.29) is 46.9 Å². The molecule has 9 nitrogen and oxygen atoms in total. The highest BCUT2D eigenvalue weighted by molar-refractivity contribution is 6.34. The molecule has 7 rings (SSSR count). The number of allylic oxidation sites excluding steroid dienone is 2. The number of rotatable bonds is 6. The highest BCUT2D eigenvalue weighted by Crippen LogP contribution is 2.60. The number of fused-ring (bicyclic) bond motifs is 1. The average Bonchev–Trinajstić information content (AvgIpc) is 3.54. The first-order valence-electron chi connectivity index (χ1n) is 15.2. The second kappa shape index (κ2) is 10.7. The van der Waals surface area contributed by atoms with Crippen LogP contribution in [0, 0.1) is 11.3 Å². The number of benzene rings is 1. The number of halogens is 4. The van der Waals surface area contributed by atoms with E-state index in [1.165, 1.54) is 28.1 Å². The van der Waals surface area contributed by atoms with Crippen LogP contribution in [-0.2, 0) is 27.8 Å². The van der Waals surface area contributed by atoms with Crippen molar-refractivity contribution in [2.24, 2.45) is 11.3 Å². The molecular formula is C31H34ClF3N4O5. The number of carboxylic acids is 1. The lowest BCUT2D eigenvalue weighted by molar-refractivity contribution is -0.273. The van der Waals surface area contributed by atoms with Gasteiger partial charge in [0.15, 0.2) is 0 Å². The second-order valence-electron chi connectivity index (χ2n) is 13.1. The number of hydrogen-bond acceptors (Lipinski definition) is 7. The van der Waals surface area contributed by atoms with Gasteiger partial charge in [-0.1, -0.05) is 29.8 Å². The molecule has 1 aromatic heterocycles. The van der Waals surface area contributed by atoms with Crippen LogP contribution in [0.1, 0.15) is 77.8 Å². The monoisotopic (exact) mass is 634 g/mol. The van der Waals surface area contributed by atoms with Gasteiger partial charge in [-0.15, -0.1) is 5.17 Å². The maximum Gasteiger partial charge on any atom is 0.398 e. The van der Waals surface area contributed by atoms with Crippen LogP contribution in [0.15, 0.2) is 24.3 Å². The summed E-state index contributed by atoms with van der Waals surface area (Å²) in [6.07, 6.45) is 0.486. The molecule has 2 aromatic rings. The Bertz CT molecular complexity index is 1550. The summed E-state index contributed by atoms with van der Waals surface area (Å²) < 4.78 is 49.4. The van der Waals surface area contributed by atoms with E-state index in [1.807, 2.05) is 11.1 Å². The molecule has 3 heterocycles. The zero-order chi connectivity index (χ0) is 31.0. The number of hydrogen-bond donors (Lipinski definition) is 2. The molecule has 3 aliphatic carbocycles. The maximum atomic E-state index is 14.3. The SMILES string of the molecule is O=C(O)[C@@H]1CC=C(c2nn(C(=O)c3c(Cl)cccc3C3(C(F)(F)F)CC3)c3c2CC[C@@H](N(O)N2CCC4(COC4)C2)C3)CC1. The topological polar surface area (TPSA) is 108 Å². The molecular weight excluding hydrogens is 601 g/mol. The smallest absolute Gasteiger partial charge is 0.398 e. The molecule has 2 aliphatic heterocycles. The number of aliphatic carboxylic acids is 1. The van der Waals surface area contributed by atoms with Crippen molar-refractivity contribution < 1.29 is 37.8 Å². The minimum Gasteiger partial charge on any atom is -0.481 e. The summed E-state index contributed by atoms with van der Waals surface area (Å²) >= 11 is 6.49. The molecule has 0 radical (unpaired) electrons. The average molecular weight is 635 g/mol. The van der Waals surface area contributed by atoms with Crippen molar-refractivity contribution in [2.45, 2.75) is 75.4 Å². The molecule has 1 spiro atoms. The molecule has 1 aromatic carbocycles. The Hall–Kier alpha value is -2.77. The van der Waals surface area contributed by atoms with E-state index < -0.39 is 29.4 Å². The van der Waals surface area contributed by atoms with Gasteiger partial charge in [-0.2, -0.15) is 23.0 Å². The Kier molecular flexibility index (Phi) is 7.24. The highest BCUT2D eigenvalue weighted by atomic mass is 35.5. The van der Waals surface area contributed by atoms with Crippen LogP contribution in [0.5, 0.6) is 0 Å². The van der Waals surface area contributed by atoms with E-state index in [0.29, 0.717) is 69.8 Å².